The van der Waals surface area contributed by atoms with Gasteiger partial charge in [0.15, 0.2) is 5.78 Å². The van der Waals surface area contributed by atoms with E-state index in [0.717, 1.165) is 32.1 Å². The van der Waals surface area contributed by atoms with Gasteiger partial charge in [0, 0.05) is 19.4 Å². The molecule has 0 heterocycles. The minimum atomic E-state index is -0.376. The average Bonchev–Trinajstić information content (AvgIpc) is 2.91. The van der Waals surface area contributed by atoms with E-state index in [1.54, 1.807) is 7.05 Å². The van der Waals surface area contributed by atoms with Crippen LogP contribution in [-0.4, -0.2) is 29.9 Å². The maximum Gasteiger partial charge on any atom is 0.223 e. The number of fused-ring (bicyclic) bond motifs is 5. The number of amides is 1. The summed E-state index contributed by atoms with van der Waals surface area (Å²) in [6.07, 6.45) is 7.77. The van der Waals surface area contributed by atoms with Crippen LogP contribution in [0.5, 0.6) is 0 Å². The van der Waals surface area contributed by atoms with Crippen molar-refractivity contribution in [3.8, 4) is 0 Å². The second-order valence-electron chi connectivity index (χ2n) is 9.41. The SMILES string of the molecule is CNC(=O)C1CCC2C3CCC4=CC(=O)CC[C@]4(C)C3[C@@H](O)C[C@]12C. The number of aliphatic hydroxyl groups excluding tert-OH is 1. The van der Waals surface area contributed by atoms with Crippen molar-refractivity contribution in [2.24, 2.45) is 34.5 Å². The molecular weight excluding hydrogens is 314 g/mol. The van der Waals surface area contributed by atoms with Crippen LogP contribution in [0.25, 0.3) is 0 Å². The smallest absolute Gasteiger partial charge is 0.223 e. The van der Waals surface area contributed by atoms with Crippen molar-refractivity contribution in [3.63, 3.8) is 0 Å². The highest BCUT2D eigenvalue weighted by Crippen LogP contribution is 2.66. The summed E-state index contributed by atoms with van der Waals surface area (Å²) in [6.45, 7) is 4.52. The lowest BCUT2D eigenvalue weighted by Gasteiger charge is -2.59. The van der Waals surface area contributed by atoms with Gasteiger partial charge in [-0.2, -0.15) is 0 Å². The first-order valence-electron chi connectivity index (χ1n) is 9.95. The molecule has 0 aliphatic heterocycles. The Morgan fingerprint density at radius 2 is 2.00 bits per heavy atom. The van der Waals surface area contributed by atoms with E-state index >= 15 is 0 Å². The van der Waals surface area contributed by atoms with Crippen LogP contribution in [0.15, 0.2) is 11.6 Å². The monoisotopic (exact) mass is 345 g/mol. The lowest BCUT2D eigenvalue weighted by Crippen LogP contribution is -2.57. The molecule has 7 atom stereocenters. The molecule has 4 aliphatic rings. The average molecular weight is 345 g/mol. The normalized spacial score (nSPS) is 48.9. The van der Waals surface area contributed by atoms with Crippen molar-refractivity contribution in [3.05, 3.63) is 11.6 Å². The number of rotatable bonds is 1. The first kappa shape index (κ1) is 17.3. The van der Waals surface area contributed by atoms with Crippen molar-refractivity contribution < 1.29 is 14.7 Å². The topological polar surface area (TPSA) is 66.4 Å². The number of ketones is 1. The van der Waals surface area contributed by atoms with Crippen molar-refractivity contribution >= 4 is 11.7 Å². The van der Waals surface area contributed by atoms with Crippen LogP contribution in [0.3, 0.4) is 0 Å². The summed E-state index contributed by atoms with van der Waals surface area (Å²) < 4.78 is 0. The molecule has 0 saturated heterocycles. The Kier molecular flexibility index (Phi) is 3.91. The lowest BCUT2D eigenvalue weighted by atomic mass is 9.46. The van der Waals surface area contributed by atoms with Gasteiger partial charge in [-0.3, -0.25) is 9.59 Å². The van der Waals surface area contributed by atoms with Crippen molar-refractivity contribution in [2.75, 3.05) is 7.05 Å². The van der Waals surface area contributed by atoms with Gasteiger partial charge >= 0.3 is 0 Å². The van der Waals surface area contributed by atoms with Gasteiger partial charge in [0.1, 0.15) is 0 Å². The minimum Gasteiger partial charge on any atom is -0.393 e. The van der Waals surface area contributed by atoms with Gasteiger partial charge in [0.2, 0.25) is 5.91 Å². The van der Waals surface area contributed by atoms with Crippen LogP contribution >= 0.6 is 0 Å². The molecule has 0 bridgehead atoms. The minimum absolute atomic E-state index is 0.0239. The number of carbonyl (C=O) groups is 2. The molecule has 0 spiro atoms. The maximum absolute atomic E-state index is 12.4. The van der Waals surface area contributed by atoms with Gasteiger partial charge in [-0.1, -0.05) is 19.4 Å². The zero-order valence-corrected chi connectivity index (χ0v) is 15.7. The Morgan fingerprint density at radius 3 is 2.72 bits per heavy atom. The molecule has 0 aromatic heterocycles. The van der Waals surface area contributed by atoms with Gasteiger partial charge < -0.3 is 10.4 Å². The van der Waals surface area contributed by atoms with E-state index < -0.39 is 0 Å². The van der Waals surface area contributed by atoms with Crippen LogP contribution in [0.1, 0.15) is 58.8 Å². The van der Waals surface area contributed by atoms with Crippen LogP contribution in [0.4, 0.5) is 0 Å². The van der Waals surface area contributed by atoms with Crippen LogP contribution in [0, 0.1) is 34.5 Å². The highest BCUT2D eigenvalue weighted by molar-refractivity contribution is 5.91. The third-order valence-corrected chi connectivity index (χ3v) is 8.46. The van der Waals surface area contributed by atoms with Crippen molar-refractivity contribution in [2.45, 2.75) is 64.9 Å². The Hall–Kier alpha value is -1.16. The second kappa shape index (κ2) is 5.67. The summed E-state index contributed by atoms with van der Waals surface area (Å²) in [5, 5.41) is 14.1. The molecule has 4 unspecified atom stereocenters. The molecule has 138 valence electrons. The molecule has 3 fully saturated rings. The summed E-state index contributed by atoms with van der Waals surface area (Å²) in [6, 6.07) is 0. The third kappa shape index (κ3) is 2.29. The largest absolute Gasteiger partial charge is 0.393 e. The zero-order valence-electron chi connectivity index (χ0n) is 15.7. The molecule has 0 radical (unpaired) electrons. The highest BCUT2D eigenvalue weighted by Gasteiger charge is 2.62. The Bertz CT molecular complexity index is 641. The first-order chi connectivity index (χ1) is 11.8. The highest BCUT2D eigenvalue weighted by atomic mass is 16.3. The van der Waals surface area contributed by atoms with E-state index in [1.807, 2.05) is 6.08 Å². The fourth-order valence-corrected chi connectivity index (χ4v) is 7.29. The molecule has 1 amide bonds. The zero-order chi connectivity index (χ0) is 18.0. The summed E-state index contributed by atoms with van der Waals surface area (Å²) >= 11 is 0. The van der Waals surface area contributed by atoms with Crippen molar-refractivity contribution in [1.82, 2.24) is 5.32 Å². The van der Waals surface area contributed by atoms with E-state index in [4.69, 9.17) is 0 Å². The predicted molar refractivity (Wildman–Crippen MR) is 95.7 cm³/mol. The molecule has 3 saturated carbocycles. The maximum atomic E-state index is 12.4. The molecule has 0 aromatic carbocycles. The molecule has 25 heavy (non-hydrogen) atoms. The standard InChI is InChI=1S/C21H31NO3/c1-20-9-8-13(23)10-12(20)4-5-14-15-6-7-16(19(25)22-3)21(15,2)11-17(24)18(14)20/h10,14-18,24H,4-9,11H2,1-3H3,(H,22,25)/t14?,15?,16?,17-,18?,20-,21-/m0/s1. The molecule has 2 N–H and O–H groups in total. The number of hydrogen-bond acceptors (Lipinski definition) is 3. The fraction of sp³-hybridized carbons (Fsp3) is 0.810. The third-order valence-electron chi connectivity index (χ3n) is 8.46. The van der Waals surface area contributed by atoms with Gasteiger partial charge in [0.05, 0.1) is 6.10 Å². The summed E-state index contributed by atoms with van der Waals surface area (Å²) in [7, 11) is 1.72. The quantitative estimate of drug-likeness (QED) is 0.768. The fourth-order valence-electron chi connectivity index (χ4n) is 7.29. The lowest BCUT2D eigenvalue weighted by molar-refractivity contribution is -0.145. The van der Waals surface area contributed by atoms with Crippen LogP contribution < -0.4 is 5.32 Å². The Balaban J connectivity index is 1.70. The van der Waals surface area contributed by atoms with Crippen LogP contribution in [-0.2, 0) is 9.59 Å². The first-order valence-corrected chi connectivity index (χ1v) is 9.95. The molecule has 4 heteroatoms. The summed E-state index contributed by atoms with van der Waals surface area (Å²) in [5.41, 5.74) is 1.14. The van der Waals surface area contributed by atoms with E-state index in [9.17, 15) is 14.7 Å². The summed E-state index contributed by atoms with van der Waals surface area (Å²) in [4.78, 5) is 24.3. The van der Waals surface area contributed by atoms with Gasteiger partial charge in [-0.05, 0) is 73.2 Å². The van der Waals surface area contributed by atoms with Crippen LogP contribution in [0.2, 0.25) is 0 Å². The molecule has 0 aromatic rings. The molecular formula is C21H31NO3. The number of allylic oxidation sites excluding steroid dienone is 1. The van der Waals surface area contributed by atoms with E-state index in [2.05, 4.69) is 19.2 Å². The summed E-state index contributed by atoms with van der Waals surface area (Å²) in [5.74, 6) is 1.64. The number of nitrogens with one attached hydrogen (secondary N) is 1. The number of aliphatic hydroxyl groups is 1. The molecule has 4 nitrogen and oxygen atoms in total. The van der Waals surface area contributed by atoms with E-state index in [1.165, 1.54) is 5.57 Å². The van der Waals surface area contributed by atoms with E-state index in [-0.39, 0.29) is 40.5 Å². The molecule has 4 rings (SSSR count). The van der Waals surface area contributed by atoms with Gasteiger partial charge in [-0.25, -0.2) is 0 Å². The predicted octanol–water partition coefficient (Wildman–Crippen LogP) is 2.85. The van der Waals surface area contributed by atoms with Gasteiger partial charge in [-0.15, -0.1) is 0 Å². The second-order valence-corrected chi connectivity index (χ2v) is 9.41. The molecule has 4 aliphatic carbocycles. The van der Waals surface area contributed by atoms with Gasteiger partial charge in [0.25, 0.3) is 0 Å². The Morgan fingerprint density at radius 1 is 1.24 bits per heavy atom. The number of hydrogen-bond donors (Lipinski definition) is 2. The Labute approximate surface area is 150 Å². The van der Waals surface area contributed by atoms with Crippen molar-refractivity contribution in [1.29, 1.82) is 0 Å². The number of carbonyl (C=O) groups excluding carboxylic acids is 2. The van der Waals surface area contributed by atoms with E-state index in [0.29, 0.717) is 24.7 Å².